The summed E-state index contributed by atoms with van der Waals surface area (Å²) in [7, 11) is 0.436. The van der Waals surface area contributed by atoms with Crippen molar-refractivity contribution in [2.75, 3.05) is 21.2 Å². The Kier molecular flexibility index (Phi) is 7.68. The molecule has 51 heavy (non-hydrogen) atoms. The van der Waals surface area contributed by atoms with Crippen molar-refractivity contribution >= 4 is 32.9 Å². The fraction of sp³-hybridized carbons (Fsp3) is 0.600. The topological polar surface area (TPSA) is 130 Å². The van der Waals surface area contributed by atoms with E-state index >= 15 is 0 Å². The average Bonchev–Trinajstić information content (AvgIpc) is 3.92. The van der Waals surface area contributed by atoms with Crippen LogP contribution in [0.1, 0.15) is 112 Å². The summed E-state index contributed by atoms with van der Waals surface area (Å²) in [5.41, 5.74) is 3.89. The van der Waals surface area contributed by atoms with Gasteiger partial charge in [-0.3, -0.25) is 9.59 Å². The standard InChI is InChI=1S/C40H52N4O6S/c1-23(34-37(2,3)40(34)18-17-38(40,4)47)41-36(46)39-21-30(39)29-20-26(50-7)14-16-27(29)33-32(24-11-9-8-10-12-24)28-15-13-25(19-31(28)44(33)22-39)35(45)42-51(48,49)43(5)6/h13-16,19-20,23-24,30,34,47H,8-12,17-18,21-22H2,1-7H3,(H,41,46)(H,42,45)/t23-,30?,34?,38?,39?,40?/m0/s1. The van der Waals surface area contributed by atoms with Crippen molar-refractivity contribution < 1.29 is 27.9 Å². The van der Waals surface area contributed by atoms with Crippen LogP contribution in [-0.2, 0) is 21.5 Å². The lowest BCUT2D eigenvalue weighted by Gasteiger charge is -2.47. The first-order valence-electron chi connectivity index (χ1n) is 18.6. The molecule has 10 nitrogen and oxygen atoms in total. The SMILES string of the molecule is COc1ccc2c(c1)C1CC1(C(=O)N[C@@H](C)C1C(C)(C)C13CCC3(C)O)Cn1c-2c(C2CCCCC2)c2ccc(C(=O)NS(=O)(=O)N(C)C)cc21. The first-order chi connectivity index (χ1) is 24.0. The predicted molar refractivity (Wildman–Crippen MR) is 197 cm³/mol. The van der Waals surface area contributed by atoms with Gasteiger partial charge in [0.1, 0.15) is 5.75 Å². The number of rotatable bonds is 8. The van der Waals surface area contributed by atoms with Gasteiger partial charge in [0.25, 0.3) is 5.91 Å². The summed E-state index contributed by atoms with van der Waals surface area (Å²) in [6.07, 6.45) is 8.07. The minimum absolute atomic E-state index is 0.0190. The Morgan fingerprint density at radius 2 is 1.76 bits per heavy atom. The monoisotopic (exact) mass is 716 g/mol. The molecular formula is C40H52N4O6S. The zero-order chi connectivity index (χ0) is 36.5. The highest BCUT2D eigenvalue weighted by atomic mass is 32.2. The summed E-state index contributed by atoms with van der Waals surface area (Å²) >= 11 is 0. The summed E-state index contributed by atoms with van der Waals surface area (Å²) in [4.78, 5) is 28.2. The number of fused-ring (bicyclic) bond motifs is 7. The van der Waals surface area contributed by atoms with Gasteiger partial charge >= 0.3 is 10.2 Å². The van der Waals surface area contributed by atoms with Crippen LogP contribution < -0.4 is 14.8 Å². The lowest BCUT2D eigenvalue weighted by Crippen LogP contribution is -2.51. The molecule has 4 aliphatic carbocycles. The smallest absolute Gasteiger partial charge is 0.303 e. The fourth-order valence-electron chi connectivity index (χ4n) is 11.4. The molecule has 5 aliphatic rings. The van der Waals surface area contributed by atoms with E-state index in [0.717, 1.165) is 76.3 Å². The molecular weight excluding hydrogens is 665 g/mol. The molecule has 5 unspecified atom stereocenters. The molecule has 4 fully saturated rings. The number of ether oxygens (including phenoxy) is 1. The minimum Gasteiger partial charge on any atom is -0.497 e. The van der Waals surface area contributed by atoms with E-state index in [4.69, 9.17) is 4.74 Å². The number of carbonyl (C=O) groups is 2. The van der Waals surface area contributed by atoms with Crippen molar-refractivity contribution in [3.05, 3.63) is 53.1 Å². The third-order valence-corrected chi connectivity index (χ3v) is 15.5. The number of methoxy groups -OCH3 is 1. The molecule has 1 aliphatic heterocycles. The van der Waals surface area contributed by atoms with Crippen molar-refractivity contribution in [1.29, 1.82) is 0 Å². The number of benzene rings is 2. The van der Waals surface area contributed by atoms with Gasteiger partial charge in [-0.25, -0.2) is 4.72 Å². The van der Waals surface area contributed by atoms with Crippen LogP contribution in [0.15, 0.2) is 36.4 Å². The molecule has 3 aromatic rings. The second kappa shape index (κ2) is 11.3. The van der Waals surface area contributed by atoms with Crippen molar-refractivity contribution in [3.63, 3.8) is 0 Å². The normalized spacial score (nSPS) is 31.2. The molecule has 2 aromatic carbocycles. The van der Waals surface area contributed by atoms with E-state index in [1.807, 2.05) is 19.1 Å². The Hall–Kier alpha value is -3.41. The van der Waals surface area contributed by atoms with Crippen LogP contribution in [0, 0.1) is 22.2 Å². The summed E-state index contributed by atoms with van der Waals surface area (Å²) in [6, 6.07) is 11.6. The van der Waals surface area contributed by atoms with Crippen molar-refractivity contribution in [2.45, 2.75) is 109 Å². The molecule has 8 rings (SSSR count). The molecule has 0 saturated heterocycles. The van der Waals surface area contributed by atoms with Crippen LogP contribution in [0.4, 0.5) is 0 Å². The molecule has 1 spiro atoms. The molecule has 2 heterocycles. The summed E-state index contributed by atoms with van der Waals surface area (Å²) < 4.78 is 36.4. The molecule has 11 heteroatoms. The van der Waals surface area contributed by atoms with Gasteiger partial charge in [-0.1, -0.05) is 39.2 Å². The number of nitrogens with zero attached hydrogens (tertiary/aromatic N) is 2. The van der Waals surface area contributed by atoms with Crippen LogP contribution in [0.5, 0.6) is 5.75 Å². The number of aliphatic hydroxyl groups is 1. The second-order valence-electron chi connectivity index (χ2n) is 17.2. The number of aromatic nitrogens is 1. The largest absolute Gasteiger partial charge is 0.497 e. The first kappa shape index (κ1) is 34.7. The van der Waals surface area contributed by atoms with Gasteiger partial charge in [0, 0.05) is 60.0 Å². The number of hydrogen-bond acceptors (Lipinski definition) is 6. The lowest BCUT2D eigenvalue weighted by atomic mass is 9.62. The van der Waals surface area contributed by atoms with Gasteiger partial charge in [0.05, 0.1) is 23.8 Å². The highest BCUT2D eigenvalue weighted by Gasteiger charge is 2.82. The predicted octanol–water partition coefficient (Wildman–Crippen LogP) is 6.08. The van der Waals surface area contributed by atoms with E-state index in [-0.39, 0.29) is 40.2 Å². The van der Waals surface area contributed by atoms with Gasteiger partial charge in [-0.05, 0) is 105 Å². The third kappa shape index (κ3) is 4.82. The highest BCUT2D eigenvalue weighted by Crippen LogP contribution is 2.82. The maximum atomic E-state index is 14.8. The summed E-state index contributed by atoms with van der Waals surface area (Å²) in [6.45, 7) is 8.93. The van der Waals surface area contributed by atoms with Crippen LogP contribution in [0.2, 0.25) is 0 Å². The van der Waals surface area contributed by atoms with Crippen molar-refractivity contribution in [1.82, 2.24) is 18.9 Å². The van der Waals surface area contributed by atoms with Crippen LogP contribution in [0.3, 0.4) is 0 Å². The van der Waals surface area contributed by atoms with E-state index in [2.05, 4.69) is 47.5 Å². The second-order valence-corrected chi connectivity index (χ2v) is 19.1. The Morgan fingerprint density at radius 1 is 1.04 bits per heavy atom. The van der Waals surface area contributed by atoms with Crippen LogP contribution >= 0.6 is 0 Å². The number of carbonyl (C=O) groups excluding carboxylic acids is 2. The van der Waals surface area contributed by atoms with E-state index in [0.29, 0.717) is 18.9 Å². The molecule has 2 amide bonds. The molecule has 1 aromatic heterocycles. The number of hydrogen-bond donors (Lipinski definition) is 3. The van der Waals surface area contributed by atoms with Crippen molar-refractivity contribution in [2.24, 2.45) is 22.2 Å². The maximum Gasteiger partial charge on any atom is 0.303 e. The van der Waals surface area contributed by atoms with Gasteiger partial charge in [-0.15, -0.1) is 0 Å². The van der Waals surface area contributed by atoms with Crippen molar-refractivity contribution in [3.8, 4) is 17.0 Å². The Balaban J connectivity index is 1.25. The van der Waals surface area contributed by atoms with E-state index < -0.39 is 27.1 Å². The summed E-state index contributed by atoms with van der Waals surface area (Å²) in [5.74, 6) is 0.549. The lowest BCUT2D eigenvalue weighted by molar-refractivity contribution is -0.130. The third-order valence-electron chi connectivity index (χ3n) is 14.1. The van der Waals surface area contributed by atoms with Gasteiger partial charge in [0.15, 0.2) is 0 Å². The van der Waals surface area contributed by atoms with Crippen LogP contribution in [-0.4, -0.2) is 67.1 Å². The zero-order valence-corrected chi connectivity index (χ0v) is 31.7. The Labute approximate surface area is 301 Å². The summed E-state index contributed by atoms with van der Waals surface area (Å²) in [5, 5.41) is 15.8. The Morgan fingerprint density at radius 3 is 2.37 bits per heavy atom. The van der Waals surface area contributed by atoms with Gasteiger partial charge in [0.2, 0.25) is 5.91 Å². The fourth-order valence-corrected chi connectivity index (χ4v) is 11.9. The maximum absolute atomic E-state index is 14.8. The highest BCUT2D eigenvalue weighted by molar-refractivity contribution is 7.87. The van der Waals surface area contributed by atoms with Gasteiger partial charge < -0.3 is 19.7 Å². The molecule has 6 atom stereocenters. The van der Waals surface area contributed by atoms with E-state index in [1.54, 1.807) is 19.2 Å². The Bertz CT molecular complexity index is 2080. The minimum atomic E-state index is -3.99. The molecule has 0 radical (unpaired) electrons. The zero-order valence-electron chi connectivity index (χ0n) is 30.9. The first-order valence-corrected chi connectivity index (χ1v) is 20.1. The van der Waals surface area contributed by atoms with Gasteiger partial charge in [-0.2, -0.15) is 12.7 Å². The number of amides is 2. The quantitative estimate of drug-likeness (QED) is 0.259. The van der Waals surface area contributed by atoms with Crippen LogP contribution in [0.25, 0.3) is 22.2 Å². The average molecular weight is 717 g/mol. The molecule has 274 valence electrons. The van der Waals surface area contributed by atoms with E-state index in [9.17, 15) is 23.1 Å². The number of nitrogens with one attached hydrogen (secondary N) is 2. The molecule has 3 N–H and O–H groups in total. The van der Waals surface area contributed by atoms with E-state index in [1.165, 1.54) is 26.1 Å². The molecule has 4 saturated carbocycles. The molecule has 0 bridgehead atoms.